The molecule has 0 aliphatic heterocycles. The molecule has 0 unspecified atom stereocenters. The summed E-state index contributed by atoms with van der Waals surface area (Å²) in [5.74, 6) is -0.376. The summed E-state index contributed by atoms with van der Waals surface area (Å²) in [5, 5.41) is 0.375. The largest absolute Gasteiger partial charge is 0.462 e. The van der Waals surface area contributed by atoms with E-state index in [-0.39, 0.29) is 23.4 Å². The van der Waals surface area contributed by atoms with E-state index in [0.717, 1.165) is 11.1 Å². The minimum Gasteiger partial charge on any atom is -0.462 e. The van der Waals surface area contributed by atoms with Crippen LogP contribution in [0.25, 0.3) is 22.1 Å². The highest BCUT2D eigenvalue weighted by Gasteiger charge is 2.19. The smallest absolute Gasteiger partial charge is 0.345 e. The first-order valence-electron chi connectivity index (χ1n) is 7.42. The van der Waals surface area contributed by atoms with Gasteiger partial charge in [0.25, 0.3) is 0 Å². The van der Waals surface area contributed by atoms with Crippen molar-refractivity contribution in [3.8, 4) is 11.1 Å². The van der Waals surface area contributed by atoms with Gasteiger partial charge in [0.1, 0.15) is 16.9 Å². The molecule has 3 aromatic rings. The van der Waals surface area contributed by atoms with Gasteiger partial charge in [-0.3, -0.25) is 4.79 Å². The maximum Gasteiger partial charge on any atom is 0.345 e. The van der Waals surface area contributed by atoms with Crippen molar-refractivity contribution in [1.29, 1.82) is 0 Å². The molecule has 0 aliphatic rings. The lowest BCUT2D eigenvalue weighted by atomic mass is 10.0. The zero-order chi connectivity index (χ0) is 16.4. The van der Waals surface area contributed by atoms with Gasteiger partial charge in [0, 0.05) is 0 Å². The first kappa shape index (κ1) is 15.0. The van der Waals surface area contributed by atoms with E-state index in [1.165, 1.54) is 0 Å². The second kappa shape index (κ2) is 6.08. The van der Waals surface area contributed by atoms with Gasteiger partial charge < -0.3 is 9.15 Å². The molecule has 0 amide bonds. The van der Waals surface area contributed by atoms with Gasteiger partial charge in [-0.2, -0.15) is 0 Å². The first-order chi connectivity index (χ1) is 11.1. The van der Waals surface area contributed by atoms with Crippen LogP contribution in [-0.2, 0) is 4.74 Å². The van der Waals surface area contributed by atoms with Crippen LogP contribution in [0.3, 0.4) is 0 Å². The highest BCUT2D eigenvalue weighted by Crippen LogP contribution is 2.24. The molecule has 0 bridgehead atoms. The maximum atomic E-state index is 12.7. The molecule has 2 aromatic carbocycles. The third kappa shape index (κ3) is 2.75. The van der Waals surface area contributed by atoms with Crippen LogP contribution in [0.4, 0.5) is 0 Å². The fraction of sp³-hybridized carbons (Fsp3) is 0.158. The Morgan fingerprint density at radius 2 is 1.83 bits per heavy atom. The molecule has 0 atom stereocenters. The van der Waals surface area contributed by atoms with E-state index < -0.39 is 5.97 Å². The number of rotatable bonds is 3. The highest BCUT2D eigenvalue weighted by atomic mass is 16.5. The molecular formula is C19H16O4. The lowest BCUT2D eigenvalue weighted by Crippen LogP contribution is -2.19. The number of carbonyl (C=O) groups is 1. The van der Waals surface area contributed by atoms with E-state index >= 15 is 0 Å². The topological polar surface area (TPSA) is 56.5 Å². The number of esters is 1. The Morgan fingerprint density at radius 1 is 1.09 bits per heavy atom. The van der Waals surface area contributed by atoms with Crippen molar-refractivity contribution >= 4 is 16.9 Å². The fourth-order valence-corrected chi connectivity index (χ4v) is 2.56. The Kier molecular flexibility index (Phi) is 3.98. The van der Waals surface area contributed by atoms with E-state index in [1.54, 1.807) is 26.0 Å². The van der Waals surface area contributed by atoms with Crippen molar-refractivity contribution in [3.63, 3.8) is 0 Å². The van der Waals surface area contributed by atoms with Crippen molar-refractivity contribution in [2.45, 2.75) is 13.8 Å². The SMILES string of the molecule is CCOC(=O)c1c(C)oc2ccc(-c3ccccc3)cc2c1=O. The molecule has 0 saturated heterocycles. The zero-order valence-electron chi connectivity index (χ0n) is 13.0. The molecule has 23 heavy (non-hydrogen) atoms. The van der Waals surface area contributed by atoms with Crippen LogP contribution in [0.2, 0.25) is 0 Å². The second-order valence-electron chi connectivity index (χ2n) is 5.16. The Morgan fingerprint density at radius 3 is 2.52 bits per heavy atom. The number of carbonyl (C=O) groups excluding carboxylic acids is 1. The van der Waals surface area contributed by atoms with Crippen molar-refractivity contribution in [2.24, 2.45) is 0 Å². The van der Waals surface area contributed by atoms with E-state index in [9.17, 15) is 9.59 Å². The Bertz CT molecular complexity index is 923. The molecule has 0 spiro atoms. The van der Waals surface area contributed by atoms with Gasteiger partial charge in [0.15, 0.2) is 0 Å². The average molecular weight is 308 g/mol. The van der Waals surface area contributed by atoms with Gasteiger partial charge in [-0.25, -0.2) is 4.79 Å². The van der Waals surface area contributed by atoms with E-state index in [1.807, 2.05) is 36.4 Å². The third-order valence-electron chi connectivity index (χ3n) is 3.65. The highest BCUT2D eigenvalue weighted by molar-refractivity contribution is 5.95. The minimum atomic E-state index is -0.647. The molecule has 0 radical (unpaired) electrons. The Balaban J connectivity index is 2.22. The number of fused-ring (bicyclic) bond motifs is 1. The van der Waals surface area contributed by atoms with Gasteiger partial charge in [-0.05, 0) is 37.1 Å². The van der Waals surface area contributed by atoms with Crippen LogP contribution in [0.1, 0.15) is 23.0 Å². The summed E-state index contributed by atoms with van der Waals surface area (Å²) >= 11 is 0. The van der Waals surface area contributed by atoms with Gasteiger partial charge >= 0.3 is 5.97 Å². The molecule has 116 valence electrons. The third-order valence-corrected chi connectivity index (χ3v) is 3.65. The van der Waals surface area contributed by atoms with Crippen molar-refractivity contribution in [1.82, 2.24) is 0 Å². The van der Waals surface area contributed by atoms with Gasteiger partial charge in [-0.1, -0.05) is 36.4 Å². The second-order valence-corrected chi connectivity index (χ2v) is 5.16. The van der Waals surface area contributed by atoms with Gasteiger partial charge in [0.2, 0.25) is 5.43 Å². The molecule has 1 heterocycles. The summed E-state index contributed by atoms with van der Waals surface area (Å²) in [4.78, 5) is 24.7. The predicted molar refractivity (Wildman–Crippen MR) is 88.6 cm³/mol. The minimum absolute atomic E-state index is 0.0374. The standard InChI is InChI=1S/C19H16O4/c1-3-22-19(21)17-12(2)23-16-10-9-14(11-15(16)18(17)20)13-7-5-4-6-8-13/h4-11H,3H2,1-2H3. The van der Waals surface area contributed by atoms with Crippen molar-refractivity contribution in [2.75, 3.05) is 6.61 Å². The van der Waals surface area contributed by atoms with Crippen LogP contribution < -0.4 is 5.43 Å². The lowest BCUT2D eigenvalue weighted by molar-refractivity contribution is 0.0521. The number of aryl methyl sites for hydroxylation is 1. The monoisotopic (exact) mass is 308 g/mol. The van der Waals surface area contributed by atoms with Crippen LogP contribution in [0, 0.1) is 6.92 Å². The number of hydrogen-bond acceptors (Lipinski definition) is 4. The summed E-state index contributed by atoms with van der Waals surface area (Å²) in [6.07, 6.45) is 0. The van der Waals surface area contributed by atoms with Crippen LogP contribution in [0.15, 0.2) is 57.7 Å². The van der Waals surface area contributed by atoms with Crippen molar-refractivity contribution in [3.05, 3.63) is 70.1 Å². The number of ether oxygens (including phenoxy) is 1. The van der Waals surface area contributed by atoms with E-state index in [0.29, 0.717) is 11.0 Å². The van der Waals surface area contributed by atoms with E-state index in [2.05, 4.69) is 0 Å². The molecule has 4 heteroatoms. The van der Waals surface area contributed by atoms with Crippen molar-refractivity contribution < 1.29 is 13.9 Å². The lowest BCUT2D eigenvalue weighted by Gasteiger charge is -2.08. The first-order valence-corrected chi connectivity index (χ1v) is 7.42. The van der Waals surface area contributed by atoms with Crippen LogP contribution in [0.5, 0.6) is 0 Å². The summed E-state index contributed by atoms with van der Waals surface area (Å²) in [7, 11) is 0. The maximum absolute atomic E-state index is 12.7. The van der Waals surface area contributed by atoms with E-state index in [4.69, 9.17) is 9.15 Å². The number of hydrogen-bond donors (Lipinski definition) is 0. The molecule has 1 aromatic heterocycles. The Labute approximate surface area is 133 Å². The van der Waals surface area contributed by atoms with Gasteiger partial charge in [-0.15, -0.1) is 0 Å². The quantitative estimate of drug-likeness (QED) is 0.688. The molecule has 0 fully saturated rings. The Hall–Kier alpha value is -2.88. The molecule has 3 rings (SSSR count). The van der Waals surface area contributed by atoms with Crippen LogP contribution in [-0.4, -0.2) is 12.6 Å². The molecule has 4 nitrogen and oxygen atoms in total. The summed E-state index contributed by atoms with van der Waals surface area (Å²) in [5.41, 5.74) is 1.95. The summed E-state index contributed by atoms with van der Waals surface area (Å²) in [6, 6.07) is 15.1. The normalized spacial score (nSPS) is 10.7. The number of benzene rings is 2. The van der Waals surface area contributed by atoms with Crippen LogP contribution >= 0.6 is 0 Å². The van der Waals surface area contributed by atoms with Gasteiger partial charge in [0.05, 0.1) is 12.0 Å². The zero-order valence-corrected chi connectivity index (χ0v) is 13.0. The fourth-order valence-electron chi connectivity index (χ4n) is 2.56. The molecule has 0 saturated carbocycles. The molecule has 0 aliphatic carbocycles. The summed E-state index contributed by atoms with van der Waals surface area (Å²) < 4.78 is 10.6. The average Bonchev–Trinajstić information content (AvgIpc) is 2.56. The molecular weight excluding hydrogens is 292 g/mol. The summed E-state index contributed by atoms with van der Waals surface area (Å²) in [6.45, 7) is 3.50. The predicted octanol–water partition coefficient (Wildman–Crippen LogP) is 3.95. The molecule has 0 N–H and O–H groups in total.